The van der Waals surface area contributed by atoms with E-state index in [-0.39, 0.29) is 11.5 Å². The third kappa shape index (κ3) is 2.47. The summed E-state index contributed by atoms with van der Waals surface area (Å²) in [6, 6.07) is 8.98. The molecule has 0 atom stereocenters. The second-order valence-corrected chi connectivity index (χ2v) is 5.73. The number of aryl methyl sites for hydroxylation is 1. The zero-order valence-corrected chi connectivity index (χ0v) is 12.3. The molecule has 0 bridgehead atoms. The molecule has 0 saturated heterocycles. The fourth-order valence-corrected chi connectivity index (χ4v) is 3.02. The number of likely N-dealkylation sites (N-methyl/N-ethyl adjacent to an activating group) is 1. The van der Waals surface area contributed by atoms with Crippen LogP contribution in [0.3, 0.4) is 0 Å². The first-order chi connectivity index (χ1) is 10.1. The highest BCUT2D eigenvalue weighted by atomic mass is 32.2. The highest BCUT2D eigenvalue weighted by Crippen LogP contribution is 2.38. The Hall–Kier alpha value is -2.41. The fourth-order valence-electron chi connectivity index (χ4n) is 2.06. The molecule has 1 aromatic heterocycles. The summed E-state index contributed by atoms with van der Waals surface area (Å²) in [5.41, 5.74) is 0.821. The third-order valence-corrected chi connectivity index (χ3v) is 4.01. The number of aromatic nitrogens is 1. The summed E-state index contributed by atoms with van der Waals surface area (Å²) >= 11 is 1.38. The average Bonchev–Trinajstić information content (AvgIpc) is 2.84. The number of carbonyl (C=O) groups excluding carboxylic acids is 1. The van der Waals surface area contributed by atoms with Gasteiger partial charge in [0.15, 0.2) is 17.3 Å². The number of anilines is 1. The van der Waals surface area contributed by atoms with E-state index in [9.17, 15) is 9.90 Å². The Balaban J connectivity index is 1.94. The lowest BCUT2D eigenvalue weighted by molar-refractivity contribution is -0.113. The molecule has 0 fully saturated rings. The number of hydrogen-bond donors (Lipinski definition) is 2. The standard InChI is InChI=1S/C14H13N3O3S/c1-8-7-11(16-20-8)15-14(19)12-13(18)9-5-3-4-6-10(9)21-17(12)2/h3-7,18H,1-2H3,(H,15,16,19). The number of benzene rings is 1. The Labute approximate surface area is 125 Å². The molecule has 0 unspecified atom stereocenters. The average molecular weight is 303 g/mol. The van der Waals surface area contributed by atoms with Gasteiger partial charge in [0, 0.05) is 23.6 Å². The molecule has 1 aromatic carbocycles. The monoisotopic (exact) mass is 303 g/mol. The van der Waals surface area contributed by atoms with Crippen LogP contribution in [0.5, 0.6) is 0 Å². The molecule has 0 spiro atoms. The van der Waals surface area contributed by atoms with E-state index in [0.717, 1.165) is 4.90 Å². The van der Waals surface area contributed by atoms with Crippen LogP contribution in [0.4, 0.5) is 5.82 Å². The molecule has 1 amide bonds. The number of amides is 1. The van der Waals surface area contributed by atoms with Crippen LogP contribution in [0, 0.1) is 6.92 Å². The maximum atomic E-state index is 12.3. The zero-order valence-electron chi connectivity index (χ0n) is 11.5. The van der Waals surface area contributed by atoms with Crippen molar-refractivity contribution in [1.82, 2.24) is 9.46 Å². The lowest BCUT2D eigenvalue weighted by atomic mass is 10.1. The van der Waals surface area contributed by atoms with Crippen molar-refractivity contribution < 1.29 is 14.4 Å². The minimum atomic E-state index is -0.440. The minimum absolute atomic E-state index is 0.0513. The molecule has 1 aliphatic heterocycles. The molecule has 2 aromatic rings. The van der Waals surface area contributed by atoms with E-state index in [2.05, 4.69) is 10.5 Å². The van der Waals surface area contributed by atoms with Gasteiger partial charge in [-0.1, -0.05) is 17.3 Å². The van der Waals surface area contributed by atoms with Gasteiger partial charge in [-0.25, -0.2) is 0 Å². The number of hydrogen-bond acceptors (Lipinski definition) is 6. The van der Waals surface area contributed by atoms with E-state index in [1.54, 1.807) is 30.4 Å². The van der Waals surface area contributed by atoms with Gasteiger partial charge in [-0.2, -0.15) is 0 Å². The van der Waals surface area contributed by atoms with Crippen LogP contribution in [-0.2, 0) is 4.79 Å². The molecule has 21 heavy (non-hydrogen) atoms. The van der Waals surface area contributed by atoms with E-state index in [1.807, 2.05) is 18.2 Å². The quantitative estimate of drug-likeness (QED) is 0.831. The van der Waals surface area contributed by atoms with Crippen LogP contribution in [0.1, 0.15) is 11.3 Å². The van der Waals surface area contributed by atoms with Crippen molar-refractivity contribution in [2.24, 2.45) is 0 Å². The van der Waals surface area contributed by atoms with E-state index in [4.69, 9.17) is 4.52 Å². The van der Waals surface area contributed by atoms with Crippen LogP contribution >= 0.6 is 11.9 Å². The molecule has 0 aliphatic carbocycles. The normalized spacial score (nSPS) is 14.1. The largest absolute Gasteiger partial charge is 0.505 e. The zero-order chi connectivity index (χ0) is 15.0. The second kappa shape index (κ2) is 5.17. The van der Waals surface area contributed by atoms with Crippen molar-refractivity contribution in [1.29, 1.82) is 0 Å². The molecule has 2 heterocycles. The molecule has 3 rings (SSSR count). The van der Waals surface area contributed by atoms with Crippen LogP contribution in [0.25, 0.3) is 5.76 Å². The van der Waals surface area contributed by atoms with Crippen molar-refractivity contribution in [2.75, 3.05) is 12.4 Å². The molecule has 108 valence electrons. The number of carbonyl (C=O) groups is 1. The maximum absolute atomic E-state index is 12.3. The summed E-state index contributed by atoms with van der Waals surface area (Å²) in [5.74, 6) is 0.421. The summed E-state index contributed by atoms with van der Waals surface area (Å²) in [6.45, 7) is 1.73. The SMILES string of the molecule is Cc1cc(NC(=O)C2=C(O)c3ccccc3SN2C)no1. The van der Waals surface area contributed by atoms with Crippen LogP contribution < -0.4 is 5.32 Å². The van der Waals surface area contributed by atoms with Crippen molar-refractivity contribution in [2.45, 2.75) is 11.8 Å². The van der Waals surface area contributed by atoms with E-state index in [1.165, 1.54) is 11.9 Å². The Kier molecular flexibility index (Phi) is 3.34. The van der Waals surface area contributed by atoms with Gasteiger partial charge in [0.2, 0.25) is 0 Å². The molecule has 7 heteroatoms. The number of rotatable bonds is 2. The summed E-state index contributed by atoms with van der Waals surface area (Å²) in [6.07, 6.45) is 0. The van der Waals surface area contributed by atoms with Gasteiger partial charge in [0.05, 0.1) is 0 Å². The van der Waals surface area contributed by atoms with Gasteiger partial charge < -0.3 is 19.3 Å². The predicted molar refractivity (Wildman–Crippen MR) is 79.5 cm³/mol. The second-order valence-electron chi connectivity index (χ2n) is 4.56. The van der Waals surface area contributed by atoms with Crippen molar-refractivity contribution >= 4 is 29.4 Å². The van der Waals surface area contributed by atoms with E-state index >= 15 is 0 Å². The summed E-state index contributed by atoms with van der Waals surface area (Å²) in [5, 5.41) is 16.7. The van der Waals surface area contributed by atoms with Gasteiger partial charge in [-0.15, -0.1) is 0 Å². The van der Waals surface area contributed by atoms with Crippen molar-refractivity contribution in [3.05, 3.63) is 47.4 Å². The van der Waals surface area contributed by atoms with E-state index in [0.29, 0.717) is 17.1 Å². The fraction of sp³-hybridized carbons (Fsp3) is 0.143. The molecule has 6 nitrogen and oxygen atoms in total. The molecule has 0 radical (unpaired) electrons. The lowest BCUT2D eigenvalue weighted by Gasteiger charge is -2.27. The molecule has 1 aliphatic rings. The van der Waals surface area contributed by atoms with Gasteiger partial charge in [-0.05, 0) is 31.0 Å². The first kappa shape index (κ1) is 13.6. The van der Waals surface area contributed by atoms with E-state index < -0.39 is 5.91 Å². The lowest BCUT2D eigenvalue weighted by Crippen LogP contribution is -2.27. The first-order valence-corrected chi connectivity index (χ1v) is 7.02. The van der Waals surface area contributed by atoms with Gasteiger partial charge in [-0.3, -0.25) is 4.79 Å². The number of nitrogens with zero attached hydrogens (tertiary/aromatic N) is 2. The van der Waals surface area contributed by atoms with Crippen LogP contribution in [-0.4, -0.2) is 27.5 Å². The van der Waals surface area contributed by atoms with Crippen molar-refractivity contribution in [3.8, 4) is 0 Å². The molecular formula is C14H13N3O3S. The molecule has 0 saturated carbocycles. The van der Waals surface area contributed by atoms with Gasteiger partial charge in [0.1, 0.15) is 5.76 Å². The minimum Gasteiger partial charge on any atom is -0.505 e. The summed E-state index contributed by atoms with van der Waals surface area (Å²) < 4.78 is 6.53. The Morgan fingerprint density at radius 2 is 2.19 bits per heavy atom. The summed E-state index contributed by atoms with van der Waals surface area (Å²) in [4.78, 5) is 13.2. The van der Waals surface area contributed by atoms with Crippen LogP contribution in [0.15, 0.2) is 45.4 Å². The number of aliphatic hydroxyl groups is 1. The topological polar surface area (TPSA) is 78.6 Å². The summed E-state index contributed by atoms with van der Waals surface area (Å²) in [7, 11) is 1.72. The van der Waals surface area contributed by atoms with Crippen molar-refractivity contribution in [3.63, 3.8) is 0 Å². The molecular weight excluding hydrogens is 290 g/mol. The Bertz CT molecular complexity index is 739. The highest BCUT2D eigenvalue weighted by molar-refractivity contribution is 7.97. The number of nitrogens with one attached hydrogen (secondary N) is 1. The Morgan fingerprint density at radius 1 is 1.43 bits per heavy atom. The van der Waals surface area contributed by atoms with Gasteiger partial charge >= 0.3 is 0 Å². The third-order valence-electron chi connectivity index (χ3n) is 3.00. The predicted octanol–water partition coefficient (Wildman–Crippen LogP) is 2.80. The first-order valence-electron chi connectivity index (χ1n) is 6.25. The maximum Gasteiger partial charge on any atom is 0.277 e. The molecule has 2 N–H and O–H groups in total. The van der Waals surface area contributed by atoms with Crippen LogP contribution in [0.2, 0.25) is 0 Å². The highest BCUT2D eigenvalue weighted by Gasteiger charge is 2.28. The van der Waals surface area contributed by atoms with Gasteiger partial charge in [0.25, 0.3) is 5.91 Å². The number of fused-ring (bicyclic) bond motifs is 1. The Morgan fingerprint density at radius 3 is 2.90 bits per heavy atom. The smallest absolute Gasteiger partial charge is 0.277 e. The number of aliphatic hydroxyl groups excluding tert-OH is 1.